The Kier molecular flexibility index (Phi) is 2.49. The van der Waals surface area contributed by atoms with Crippen molar-refractivity contribution in [2.45, 2.75) is 13.0 Å². The molecular weight excluding hydrogens is 138 g/mol. The first-order valence-corrected chi connectivity index (χ1v) is 3.70. The second kappa shape index (κ2) is 3.39. The molecule has 0 aliphatic rings. The molecule has 0 fully saturated rings. The molecule has 0 aliphatic heterocycles. The second-order valence-electron chi connectivity index (χ2n) is 2.55. The fraction of sp³-hybridized carbons (Fsp3) is 0.333. The summed E-state index contributed by atoms with van der Waals surface area (Å²) in [6, 6.07) is 7.72. The molecule has 1 aromatic carbocycles. The molecular formula is C9H13NO. The van der Waals surface area contributed by atoms with E-state index in [4.69, 9.17) is 5.11 Å². The highest BCUT2D eigenvalue weighted by atomic mass is 16.3. The highest BCUT2D eigenvalue weighted by Crippen LogP contribution is 2.14. The van der Waals surface area contributed by atoms with Gasteiger partial charge in [-0.25, -0.2) is 0 Å². The number of anilines is 1. The number of hydrogen-bond donors (Lipinski definition) is 2. The Balaban J connectivity index is 2.83. The van der Waals surface area contributed by atoms with Crippen LogP contribution in [0.3, 0.4) is 0 Å². The van der Waals surface area contributed by atoms with E-state index in [1.54, 1.807) is 6.92 Å². The predicted molar refractivity (Wildman–Crippen MR) is 46.6 cm³/mol. The van der Waals surface area contributed by atoms with Gasteiger partial charge >= 0.3 is 0 Å². The summed E-state index contributed by atoms with van der Waals surface area (Å²) in [7, 11) is 1.87. The standard InChI is InChI=1S/C9H13NO/c1-7(11)8-3-5-9(10-2)6-4-8/h3-7,10-11H,1-2H3. The Morgan fingerprint density at radius 2 is 1.82 bits per heavy atom. The van der Waals surface area contributed by atoms with Crippen LogP contribution in [0.15, 0.2) is 24.3 Å². The molecule has 0 amide bonds. The largest absolute Gasteiger partial charge is 0.389 e. The van der Waals surface area contributed by atoms with Crippen LogP contribution in [0.25, 0.3) is 0 Å². The summed E-state index contributed by atoms with van der Waals surface area (Å²) in [6.07, 6.45) is -0.374. The van der Waals surface area contributed by atoms with Crippen LogP contribution in [-0.2, 0) is 0 Å². The van der Waals surface area contributed by atoms with Crippen LogP contribution in [0, 0.1) is 0 Å². The van der Waals surface area contributed by atoms with E-state index in [0.29, 0.717) is 0 Å². The van der Waals surface area contributed by atoms with Crippen molar-refractivity contribution < 1.29 is 5.11 Å². The molecule has 1 rings (SSSR count). The first-order valence-electron chi connectivity index (χ1n) is 3.70. The van der Waals surface area contributed by atoms with Gasteiger partial charge in [0.2, 0.25) is 0 Å². The summed E-state index contributed by atoms with van der Waals surface area (Å²) in [5.41, 5.74) is 2.01. The van der Waals surface area contributed by atoms with Crippen molar-refractivity contribution in [2.24, 2.45) is 0 Å². The molecule has 11 heavy (non-hydrogen) atoms. The molecule has 2 heteroatoms. The van der Waals surface area contributed by atoms with Crippen LogP contribution < -0.4 is 5.32 Å². The quantitative estimate of drug-likeness (QED) is 0.675. The summed E-state index contributed by atoms with van der Waals surface area (Å²) >= 11 is 0. The smallest absolute Gasteiger partial charge is 0.0761 e. The van der Waals surface area contributed by atoms with Gasteiger partial charge in [-0.05, 0) is 24.6 Å². The average molecular weight is 151 g/mol. The summed E-state index contributed by atoms with van der Waals surface area (Å²) < 4.78 is 0. The zero-order valence-corrected chi connectivity index (χ0v) is 6.83. The van der Waals surface area contributed by atoms with Gasteiger partial charge in [0.25, 0.3) is 0 Å². The lowest BCUT2D eigenvalue weighted by Gasteiger charge is -2.05. The van der Waals surface area contributed by atoms with E-state index in [-0.39, 0.29) is 6.10 Å². The van der Waals surface area contributed by atoms with Crippen molar-refractivity contribution in [3.8, 4) is 0 Å². The maximum atomic E-state index is 9.17. The number of benzene rings is 1. The Labute approximate surface area is 66.9 Å². The van der Waals surface area contributed by atoms with Crippen molar-refractivity contribution in [1.29, 1.82) is 0 Å². The lowest BCUT2D eigenvalue weighted by molar-refractivity contribution is 0.199. The van der Waals surface area contributed by atoms with E-state index in [1.165, 1.54) is 0 Å². The van der Waals surface area contributed by atoms with Gasteiger partial charge in [0.15, 0.2) is 0 Å². The molecule has 2 nitrogen and oxygen atoms in total. The molecule has 2 N–H and O–H groups in total. The second-order valence-corrected chi connectivity index (χ2v) is 2.55. The third kappa shape index (κ3) is 1.95. The maximum Gasteiger partial charge on any atom is 0.0761 e. The lowest BCUT2D eigenvalue weighted by Crippen LogP contribution is -1.92. The van der Waals surface area contributed by atoms with E-state index in [9.17, 15) is 0 Å². The molecule has 0 heterocycles. The Bertz CT molecular complexity index is 216. The SMILES string of the molecule is CNc1ccc(C(C)O)cc1. The third-order valence-electron chi connectivity index (χ3n) is 1.68. The zero-order chi connectivity index (χ0) is 8.27. The summed E-state index contributed by atoms with van der Waals surface area (Å²) in [6.45, 7) is 1.76. The first kappa shape index (κ1) is 8.08. The molecule has 0 aromatic heterocycles. The first-order chi connectivity index (χ1) is 5.24. The van der Waals surface area contributed by atoms with Gasteiger partial charge in [-0.1, -0.05) is 12.1 Å². The van der Waals surface area contributed by atoms with Gasteiger partial charge in [-0.15, -0.1) is 0 Å². The van der Waals surface area contributed by atoms with Crippen LogP contribution >= 0.6 is 0 Å². The normalized spacial score (nSPS) is 12.6. The number of aliphatic hydroxyl groups excluding tert-OH is 1. The van der Waals surface area contributed by atoms with Crippen LogP contribution in [0.5, 0.6) is 0 Å². The van der Waals surface area contributed by atoms with Crippen LogP contribution in [0.1, 0.15) is 18.6 Å². The fourth-order valence-electron chi connectivity index (χ4n) is 0.928. The molecule has 1 atom stereocenters. The third-order valence-corrected chi connectivity index (χ3v) is 1.68. The van der Waals surface area contributed by atoms with Gasteiger partial charge in [-0.2, -0.15) is 0 Å². The topological polar surface area (TPSA) is 32.3 Å². The number of aliphatic hydroxyl groups is 1. The van der Waals surface area contributed by atoms with Crippen molar-refractivity contribution in [3.63, 3.8) is 0 Å². The van der Waals surface area contributed by atoms with Gasteiger partial charge in [0.1, 0.15) is 0 Å². The minimum Gasteiger partial charge on any atom is -0.389 e. The molecule has 0 bridgehead atoms. The fourth-order valence-corrected chi connectivity index (χ4v) is 0.928. The lowest BCUT2D eigenvalue weighted by atomic mass is 10.1. The van der Waals surface area contributed by atoms with Crippen LogP contribution in [-0.4, -0.2) is 12.2 Å². The monoisotopic (exact) mass is 151 g/mol. The van der Waals surface area contributed by atoms with Gasteiger partial charge in [0.05, 0.1) is 6.10 Å². The number of nitrogens with one attached hydrogen (secondary N) is 1. The molecule has 1 aromatic rings. The van der Waals surface area contributed by atoms with Crippen molar-refractivity contribution in [3.05, 3.63) is 29.8 Å². The molecule has 1 unspecified atom stereocenters. The van der Waals surface area contributed by atoms with Gasteiger partial charge < -0.3 is 10.4 Å². The van der Waals surface area contributed by atoms with Crippen LogP contribution in [0.4, 0.5) is 5.69 Å². The molecule has 0 spiro atoms. The van der Waals surface area contributed by atoms with E-state index in [0.717, 1.165) is 11.3 Å². The predicted octanol–water partition coefficient (Wildman–Crippen LogP) is 1.78. The molecule has 0 radical (unpaired) electrons. The number of hydrogen-bond acceptors (Lipinski definition) is 2. The number of rotatable bonds is 2. The molecule has 0 aliphatic carbocycles. The van der Waals surface area contributed by atoms with E-state index in [2.05, 4.69) is 5.32 Å². The molecule has 60 valence electrons. The highest BCUT2D eigenvalue weighted by molar-refractivity contribution is 5.44. The summed E-state index contributed by atoms with van der Waals surface area (Å²) in [5.74, 6) is 0. The molecule has 0 saturated carbocycles. The zero-order valence-electron chi connectivity index (χ0n) is 6.83. The highest BCUT2D eigenvalue weighted by Gasteiger charge is 1.98. The van der Waals surface area contributed by atoms with Gasteiger partial charge in [-0.3, -0.25) is 0 Å². The van der Waals surface area contributed by atoms with E-state index < -0.39 is 0 Å². The van der Waals surface area contributed by atoms with Crippen molar-refractivity contribution in [1.82, 2.24) is 0 Å². The van der Waals surface area contributed by atoms with Gasteiger partial charge in [0, 0.05) is 12.7 Å². The van der Waals surface area contributed by atoms with Crippen molar-refractivity contribution in [2.75, 3.05) is 12.4 Å². The Morgan fingerprint density at radius 1 is 1.27 bits per heavy atom. The van der Waals surface area contributed by atoms with Crippen molar-refractivity contribution >= 4 is 5.69 Å². The summed E-state index contributed by atoms with van der Waals surface area (Å²) in [4.78, 5) is 0. The minimum absolute atomic E-state index is 0.374. The minimum atomic E-state index is -0.374. The maximum absolute atomic E-state index is 9.17. The molecule has 0 saturated heterocycles. The average Bonchev–Trinajstić information content (AvgIpc) is 2.05. The Hall–Kier alpha value is -1.02. The summed E-state index contributed by atoms with van der Waals surface area (Å²) in [5, 5.41) is 12.2. The van der Waals surface area contributed by atoms with E-state index >= 15 is 0 Å². The van der Waals surface area contributed by atoms with Crippen LogP contribution in [0.2, 0.25) is 0 Å². The Morgan fingerprint density at radius 3 is 2.18 bits per heavy atom. The van der Waals surface area contributed by atoms with E-state index in [1.807, 2.05) is 31.3 Å².